The summed E-state index contributed by atoms with van der Waals surface area (Å²) in [6.07, 6.45) is 1.81. The third kappa shape index (κ3) is 5.02. The van der Waals surface area contributed by atoms with Crippen LogP contribution in [-0.2, 0) is 0 Å². The van der Waals surface area contributed by atoms with Gasteiger partial charge in [-0.25, -0.2) is 4.98 Å². The van der Waals surface area contributed by atoms with E-state index in [2.05, 4.69) is 20.5 Å². The summed E-state index contributed by atoms with van der Waals surface area (Å²) < 4.78 is 2.03. The molecule has 2 heterocycles. The number of imidazole rings is 1. The first-order chi connectivity index (χ1) is 12.8. The van der Waals surface area contributed by atoms with Crippen LogP contribution in [0.15, 0.2) is 54.9 Å². The zero-order valence-corrected chi connectivity index (χ0v) is 17.1. The van der Waals surface area contributed by atoms with Crippen molar-refractivity contribution in [1.29, 1.82) is 0 Å². The Morgan fingerprint density at radius 1 is 1.04 bits per heavy atom. The van der Waals surface area contributed by atoms with Crippen molar-refractivity contribution >= 4 is 41.8 Å². The van der Waals surface area contributed by atoms with Gasteiger partial charge in [-0.1, -0.05) is 12.1 Å². The molecule has 2 aromatic carbocycles. The lowest BCUT2D eigenvalue weighted by atomic mass is 10.2. The Labute approximate surface area is 177 Å². The van der Waals surface area contributed by atoms with Gasteiger partial charge in [0, 0.05) is 50.5 Å². The second-order valence-electron chi connectivity index (χ2n) is 6.50. The van der Waals surface area contributed by atoms with Crippen LogP contribution in [0.25, 0.3) is 16.7 Å². The summed E-state index contributed by atoms with van der Waals surface area (Å²) in [6, 6.07) is 15.7. The Balaban J connectivity index is 0.00000140. The molecule has 6 nitrogen and oxygen atoms in total. The van der Waals surface area contributed by atoms with E-state index in [1.54, 1.807) is 0 Å². The monoisotopic (exact) mass is 421 g/mol. The Kier molecular flexibility index (Phi) is 8.26. The molecule has 3 aromatic rings. The van der Waals surface area contributed by atoms with Gasteiger partial charge in [-0.15, -0.1) is 24.8 Å². The molecule has 1 amide bonds. The van der Waals surface area contributed by atoms with Gasteiger partial charge in [0.05, 0.1) is 11.0 Å². The van der Waals surface area contributed by atoms with Crippen molar-refractivity contribution in [2.45, 2.75) is 0 Å². The fourth-order valence-corrected chi connectivity index (χ4v) is 3.30. The van der Waals surface area contributed by atoms with Gasteiger partial charge < -0.3 is 10.6 Å². The SMILES string of the molecule is Cl.Cl.O=C(NCCN1CCNCC1)c1ccc(-n2cnc3ccccc32)cc1. The van der Waals surface area contributed by atoms with E-state index in [0.717, 1.165) is 49.4 Å². The highest BCUT2D eigenvalue weighted by molar-refractivity contribution is 5.94. The molecule has 150 valence electrons. The summed E-state index contributed by atoms with van der Waals surface area (Å²) in [7, 11) is 0. The lowest BCUT2D eigenvalue weighted by Gasteiger charge is -2.27. The number of halogens is 2. The van der Waals surface area contributed by atoms with Gasteiger partial charge in [-0.3, -0.25) is 14.3 Å². The number of hydrogen-bond donors (Lipinski definition) is 2. The summed E-state index contributed by atoms with van der Waals surface area (Å²) in [4.78, 5) is 19.1. The van der Waals surface area contributed by atoms with E-state index in [1.165, 1.54) is 0 Å². The number of amides is 1. The quantitative estimate of drug-likeness (QED) is 0.664. The van der Waals surface area contributed by atoms with Gasteiger partial charge in [0.1, 0.15) is 6.33 Å². The molecule has 0 atom stereocenters. The number of carbonyl (C=O) groups is 1. The number of rotatable bonds is 5. The molecule has 0 aliphatic carbocycles. The molecule has 1 aromatic heterocycles. The van der Waals surface area contributed by atoms with E-state index in [9.17, 15) is 4.79 Å². The Bertz CT molecular complexity index is 891. The van der Waals surface area contributed by atoms with E-state index < -0.39 is 0 Å². The molecule has 4 rings (SSSR count). The molecule has 28 heavy (non-hydrogen) atoms. The summed E-state index contributed by atoms with van der Waals surface area (Å²) in [5, 5.41) is 6.34. The highest BCUT2D eigenvalue weighted by Gasteiger charge is 2.11. The fourth-order valence-electron chi connectivity index (χ4n) is 3.30. The first-order valence-corrected chi connectivity index (χ1v) is 9.05. The van der Waals surface area contributed by atoms with Crippen LogP contribution in [0.1, 0.15) is 10.4 Å². The maximum atomic E-state index is 12.3. The average molecular weight is 422 g/mol. The molecule has 8 heteroatoms. The topological polar surface area (TPSA) is 62.2 Å². The highest BCUT2D eigenvalue weighted by Crippen LogP contribution is 2.18. The lowest BCUT2D eigenvalue weighted by molar-refractivity contribution is 0.0947. The normalized spacial score (nSPS) is 14.1. The predicted molar refractivity (Wildman–Crippen MR) is 117 cm³/mol. The van der Waals surface area contributed by atoms with Gasteiger partial charge in [-0.05, 0) is 36.4 Å². The molecule has 1 fully saturated rings. The van der Waals surface area contributed by atoms with Gasteiger partial charge >= 0.3 is 0 Å². The Hall–Kier alpha value is -2.12. The summed E-state index contributed by atoms with van der Waals surface area (Å²) in [6.45, 7) is 5.71. The minimum atomic E-state index is -0.0258. The number of fused-ring (bicyclic) bond motifs is 1. The van der Waals surface area contributed by atoms with E-state index in [-0.39, 0.29) is 30.7 Å². The molecule has 1 aliphatic rings. The zero-order chi connectivity index (χ0) is 17.8. The van der Waals surface area contributed by atoms with E-state index in [4.69, 9.17) is 0 Å². The molecule has 0 unspecified atom stereocenters. The van der Waals surface area contributed by atoms with Crippen molar-refractivity contribution in [3.63, 3.8) is 0 Å². The van der Waals surface area contributed by atoms with E-state index in [0.29, 0.717) is 12.1 Å². The van der Waals surface area contributed by atoms with Crippen LogP contribution in [0.4, 0.5) is 0 Å². The standard InChI is InChI=1S/C20H23N5O.2ClH/c26-20(22-11-14-24-12-9-21-10-13-24)16-5-7-17(8-6-16)25-15-23-18-3-1-2-4-19(18)25;;/h1-8,15,21H,9-14H2,(H,22,26);2*1H. The first kappa shape index (κ1) is 22.2. The van der Waals surface area contributed by atoms with Crippen molar-refractivity contribution in [2.75, 3.05) is 39.3 Å². The summed E-state index contributed by atoms with van der Waals surface area (Å²) in [5.41, 5.74) is 3.69. The van der Waals surface area contributed by atoms with Crippen LogP contribution in [0.3, 0.4) is 0 Å². The number of hydrogen-bond acceptors (Lipinski definition) is 4. The summed E-state index contributed by atoms with van der Waals surface area (Å²) in [5.74, 6) is -0.0258. The predicted octanol–water partition coefficient (Wildman–Crippen LogP) is 2.50. The van der Waals surface area contributed by atoms with Crippen LogP contribution >= 0.6 is 24.8 Å². The third-order valence-electron chi connectivity index (χ3n) is 4.78. The lowest BCUT2D eigenvalue weighted by Crippen LogP contribution is -2.46. The molecule has 0 spiro atoms. The molecule has 0 radical (unpaired) electrons. The minimum absolute atomic E-state index is 0. The smallest absolute Gasteiger partial charge is 0.251 e. The fraction of sp³-hybridized carbons (Fsp3) is 0.300. The van der Waals surface area contributed by atoms with E-state index in [1.807, 2.05) is 59.4 Å². The van der Waals surface area contributed by atoms with Crippen LogP contribution in [-0.4, -0.2) is 59.6 Å². The van der Waals surface area contributed by atoms with Crippen LogP contribution in [0.2, 0.25) is 0 Å². The number of piperazine rings is 1. The average Bonchev–Trinajstić information content (AvgIpc) is 3.13. The first-order valence-electron chi connectivity index (χ1n) is 9.05. The maximum absolute atomic E-state index is 12.3. The van der Waals surface area contributed by atoms with Crippen molar-refractivity contribution in [2.24, 2.45) is 0 Å². The number of carbonyl (C=O) groups excluding carboxylic acids is 1. The highest BCUT2D eigenvalue weighted by atomic mass is 35.5. The van der Waals surface area contributed by atoms with Crippen molar-refractivity contribution < 1.29 is 4.79 Å². The largest absolute Gasteiger partial charge is 0.351 e. The Morgan fingerprint density at radius 3 is 2.50 bits per heavy atom. The van der Waals surface area contributed by atoms with Crippen molar-refractivity contribution in [3.05, 3.63) is 60.4 Å². The molecule has 0 bridgehead atoms. The van der Waals surface area contributed by atoms with Gasteiger partial charge in [0.2, 0.25) is 0 Å². The third-order valence-corrected chi connectivity index (χ3v) is 4.78. The van der Waals surface area contributed by atoms with E-state index >= 15 is 0 Å². The van der Waals surface area contributed by atoms with Gasteiger partial charge in [0.25, 0.3) is 5.91 Å². The maximum Gasteiger partial charge on any atom is 0.251 e. The zero-order valence-electron chi connectivity index (χ0n) is 15.5. The number of para-hydroxylation sites is 2. The van der Waals surface area contributed by atoms with Gasteiger partial charge in [0.15, 0.2) is 0 Å². The minimum Gasteiger partial charge on any atom is -0.351 e. The second-order valence-corrected chi connectivity index (χ2v) is 6.50. The molecular weight excluding hydrogens is 397 g/mol. The number of benzene rings is 2. The van der Waals surface area contributed by atoms with Crippen LogP contribution in [0, 0.1) is 0 Å². The molecular formula is C20H25Cl2N5O. The molecule has 1 saturated heterocycles. The Morgan fingerprint density at radius 2 is 1.75 bits per heavy atom. The van der Waals surface area contributed by atoms with Crippen molar-refractivity contribution in [3.8, 4) is 5.69 Å². The number of nitrogens with zero attached hydrogens (tertiary/aromatic N) is 3. The number of aromatic nitrogens is 2. The van der Waals surface area contributed by atoms with Crippen molar-refractivity contribution in [1.82, 2.24) is 25.1 Å². The summed E-state index contributed by atoms with van der Waals surface area (Å²) >= 11 is 0. The molecule has 1 aliphatic heterocycles. The molecule has 0 saturated carbocycles. The second kappa shape index (κ2) is 10.4. The van der Waals surface area contributed by atoms with Gasteiger partial charge in [-0.2, -0.15) is 0 Å². The van der Waals surface area contributed by atoms with Crippen LogP contribution < -0.4 is 10.6 Å². The van der Waals surface area contributed by atoms with Crippen LogP contribution in [0.5, 0.6) is 0 Å². The molecule has 2 N–H and O–H groups in total. The number of nitrogens with one attached hydrogen (secondary N) is 2.